The molecule has 188 valence electrons. The molecule has 0 radical (unpaired) electrons. The number of carbonyl (C=O) groups is 2. The van der Waals surface area contributed by atoms with Gasteiger partial charge in [-0.15, -0.1) is 0 Å². The van der Waals surface area contributed by atoms with Gasteiger partial charge in [-0.3, -0.25) is 30.6 Å². The number of hydrogen-bond acceptors (Lipinski definition) is 9. The summed E-state index contributed by atoms with van der Waals surface area (Å²) in [4.78, 5) is 39.3. The highest BCUT2D eigenvalue weighted by Crippen LogP contribution is 2.29. The zero-order valence-corrected chi connectivity index (χ0v) is 19.3. The number of carbonyl (C=O) groups excluding carboxylic acids is 2. The fourth-order valence-corrected chi connectivity index (χ4v) is 3.30. The van der Waals surface area contributed by atoms with Crippen LogP contribution in [0.25, 0.3) is 11.1 Å². The fraction of sp³-hybridized carbons (Fsp3) is 0.0800. The molecule has 0 spiro atoms. The largest absolute Gasteiger partial charge is 0.502 e. The number of nitrogens with one attached hydrogen (secondary N) is 2. The third kappa shape index (κ3) is 5.82. The van der Waals surface area contributed by atoms with Crippen molar-refractivity contribution in [3.8, 4) is 28.5 Å². The van der Waals surface area contributed by atoms with E-state index < -0.39 is 28.2 Å². The Morgan fingerprint density at radius 3 is 2.62 bits per heavy atom. The molecule has 0 bridgehead atoms. The van der Waals surface area contributed by atoms with Crippen LogP contribution in [0.3, 0.4) is 0 Å². The third-order valence-corrected chi connectivity index (χ3v) is 5.15. The Bertz CT molecular complexity index is 1450. The number of phenols is 1. The Labute approximate surface area is 209 Å². The van der Waals surface area contributed by atoms with Crippen LogP contribution in [0.1, 0.15) is 26.5 Å². The minimum Gasteiger partial charge on any atom is -0.502 e. The molecule has 0 aliphatic carbocycles. The smallest absolute Gasteiger partial charge is 0.311 e. The predicted octanol–water partition coefficient (Wildman–Crippen LogP) is 3.62. The number of amides is 2. The van der Waals surface area contributed by atoms with Crippen LogP contribution in [0.2, 0.25) is 0 Å². The van der Waals surface area contributed by atoms with Crippen molar-refractivity contribution in [2.75, 3.05) is 7.11 Å². The molecule has 2 heterocycles. The van der Waals surface area contributed by atoms with Crippen LogP contribution in [-0.2, 0) is 6.61 Å². The molecule has 4 rings (SSSR count). The van der Waals surface area contributed by atoms with Gasteiger partial charge in [-0.1, -0.05) is 12.1 Å². The van der Waals surface area contributed by atoms with Crippen molar-refractivity contribution in [1.29, 1.82) is 0 Å². The SMILES string of the molecule is COc1ccc(COc2cccc(-c3ccoc3C(=O)NNC(=O)c3ccc(O)c([N+](=O)[O-])c3)c2)cn1. The molecular weight excluding hydrogens is 484 g/mol. The first-order valence-corrected chi connectivity index (χ1v) is 10.7. The number of nitrogens with zero attached hydrogens (tertiary/aromatic N) is 2. The van der Waals surface area contributed by atoms with Crippen molar-refractivity contribution in [1.82, 2.24) is 15.8 Å². The lowest BCUT2D eigenvalue weighted by Gasteiger charge is -2.10. The lowest BCUT2D eigenvalue weighted by molar-refractivity contribution is -0.385. The summed E-state index contributed by atoms with van der Waals surface area (Å²) in [5.74, 6) is -1.20. The number of nitro benzene ring substituents is 1. The number of hydrogen-bond donors (Lipinski definition) is 3. The number of benzene rings is 2. The number of nitro groups is 1. The number of phenolic OH excluding ortho intramolecular Hbond substituents is 1. The van der Waals surface area contributed by atoms with Crippen molar-refractivity contribution in [3.63, 3.8) is 0 Å². The van der Waals surface area contributed by atoms with E-state index >= 15 is 0 Å². The Balaban J connectivity index is 1.42. The molecule has 2 amide bonds. The standard InChI is InChI=1S/C25H20N4O8/c1-35-22-8-5-15(13-26-22)14-37-18-4-2-3-16(11-18)19-9-10-36-23(19)25(32)28-27-24(31)17-6-7-21(30)20(12-17)29(33)34/h2-13,30H,14H2,1H3,(H,27,31)(H,28,32). The summed E-state index contributed by atoms with van der Waals surface area (Å²) in [7, 11) is 1.53. The molecule has 0 saturated carbocycles. The average Bonchev–Trinajstić information content (AvgIpc) is 3.41. The van der Waals surface area contributed by atoms with E-state index in [-0.39, 0.29) is 17.9 Å². The zero-order valence-electron chi connectivity index (χ0n) is 19.3. The molecule has 0 saturated heterocycles. The number of aromatic nitrogens is 1. The van der Waals surface area contributed by atoms with Crippen LogP contribution in [0, 0.1) is 10.1 Å². The van der Waals surface area contributed by atoms with E-state index in [9.17, 15) is 24.8 Å². The van der Waals surface area contributed by atoms with E-state index in [4.69, 9.17) is 13.9 Å². The molecule has 12 heteroatoms. The van der Waals surface area contributed by atoms with E-state index in [1.807, 2.05) is 6.07 Å². The van der Waals surface area contributed by atoms with Gasteiger partial charge in [0, 0.05) is 35.0 Å². The highest BCUT2D eigenvalue weighted by atomic mass is 16.6. The molecule has 0 fully saturated rings. The number of aromatic hydroxyl groups is 1. The monoisotopic (exact) mass is 504 g/mol. The normalized spacial score (nSPS) is 10.4. The molecule has 37 heavy (non-hydrogen) atoms. The van der Waals surface area contributed by atoms with Gasteiger partial charge in [0.2, 0.25) is 11.6 Å². The van der Waals surface area contributed by atoms with Crippen molar-refractivity contribution in [2.45, 2.75) is 6.61 Å². The first kappa shape index (κ1) is 24.7. The van der Waals surface area contributed by atoms with E-state index in [0.29, 0.717) is 22.8 Å². The molecule has 0 unspecified atom stereocenters. The van der Waals surface area contributed by atoms with Gasteiger partial charge in [-0.2, -0.15) is 0 Å². The van der Waals surface area contributed by atoms with Gasteiger partial charge in [0.1, 0.15) is 12.4 Å². The topological polar surface area (TPSA) is 166 Å². The number of methoxy groups -OCH3 is 1. The van der Waals surface area contributed by atoms with E-state index in [1.54, 1.807) is 42.6 Å². The summed E-state index contributed by atoms with van der Waals surface area (Å²) < 4.78 is 16.2. The molecule has 2 aromatic carbocycles. The second-order valence-corrected chi connectivity index (χ2v) is 7.56. The molecule has 12 nitrogen and oxygen atoms in total. The Morgan fingerprint density at radius 2 is 1.89 bits per heavy atom. The highest BCUT2D eigenvalue weighted by molar-refractivity contribution is 6.01. The van der Waals surface area contributed by atoms with Crippen LogP contribution >= 0.6 is 0 Å². The minimum absolute atomic E-state index is 0.0755. The summed E-state index contributed by atoms with van der Waals surface area (Å²) in [5, 5.41) is 20.5. The molecule has 0 aliphatic rings. The summed E-state index contributed by atoms with van der Waals surface area (Å²) in [5.41, 5.74) is 5.52. The van der Waals surface area contributed by atoms with Crippen molar-refractivity contribution >= 4 is 17.5 Å². The number of furan rings is 1. The lowest BCUT2D eigenvalue weighted by Crippen LogP contribution is -2.41. The fourth-order valence-electron chi connectivity index (χ4n) is 3.30. The van der Waals surface area contributed by atoms with Gasteiger partial charge >= 0.3 is 11.6 Å². The van der Waals surface area contributed by atoms with Crippen LogP contribution in [0.15, 0.2) is 77.5 Å². The Hall–Kier alpha value is -5.39. The Kier molecular flexibility index (Phi) is 7.29. The summed E-state index contributed by atoms with van der Waals surface area (Å²) >= 11 is 0. The van der Waals surface area contributed by atoms with Gasteiger partial charge in [0.15, 0.2) is 5.75 Å². The van der Waals surface area contributed by atoms with Gasteiger partial charge < -0.3 is 19.0 Å². The van der Waals surface area contributed by atoms with Crippen LogP contribution in [0.4, 0.5) is 5.69 Å². The number of rotatable bonds is 8. The van der Waals surface area contributed by atoms with Gasteiger partial charge in [0.25, 0.3) is 5.91 Å². The second-order valence-electron chi connectivity index (χ2n) is 7.56. The van der Waals surface area contributed by atoms with Crippen molar-refractivity contribution in [3.05, 3.63) is 100 Å². The van der Waals surface area contributed by atoms with Crippen molar-refractivity contribution < 1.29 is 33.5 Å². The van der Waals surface area contributed by atoms with E-state index in [0.717, 1.165) is 17.7 Å². The first-order chi connectivity index (χ1) is 17.9. The summed E-state index contributed by atoms with van der Waals surface area (Å²) in [6.07, 6.45) is 2.97. The van der Waals surface area contributed by atoms with Crippen LogP contribution in [-0.4, -0.2) is 33.9 Å². The summed E-state index contributed by atoms with van der Waals surface area (Å²) in [6, 6.07) is 15.2. The van der Waals surface area contributed by atoms with Crippen LogP contribution < -0.4 is 20.3 Å². The number of hydrazine groups is 1. The van der Waals surface area contributed by atoms with Gasteiger partial charge in [-0.25, -0.2) is 4.98 Å². The van der Waals surface area contributed by atoms with Gasteiger partial charge in [0.05, 0.1) is 18.3 Å². The van der Waals surface area contributed by atoms with Gasteiger partial charge in [-0.05, 0) is 42.0 Å². The molecule has 0 aliphatic heterocycles. The highest BCUT2D eigenvalue weighted by Gasteiger charge is 2.20. The molecule has 2 aromatic heterocycles. The second kappa shape index (κ2) is 10.9. The number of ether oxygens (including phenoxy) is 2. The maximum atomic E-state index is 12.7. The van der Waals surface area contributed by atoms with Crippen molar-refractivity contribution in [2.24, 2.45) is 0 Å². The molecular formula is C25H20N4O8. The first-order valence-electron chi connectivity index (χ1n) is 10.7. The summed E-state index contributed by atoms with van der Waals surface area (Å²) in [6.45, 7) is 0.265. The average molecular weight is 504 g/mol. The third-order valence-electron chi connectivity index (χ3n) is 5.15. The Morgan fingerprint density at radius 1 is 1.08 bits per heavy atom. The maximum absolute atomic E-state index is 12.7. The zero-order chi connectivity index (χ0) is 26.4. The maximum Gasteiger partial charge on any atom is 0.311 e. The lowest BCUT2D eigenvalue weighted by atomic mass is 10.1. The molecule has 4 aromatic rings. The number of pyridine rings is 1. The van der Waals surface area contributed by atoms with E-state index in [1.165, 1.54) is 19.4 Å². The molecule has 0 atom stereocenters. The van der Waals surface area contributed by atoms with Crippen LogP contribution in [0.5, 0.6) is 17.4 Å². The minimum atomic E-state index is -0.828. The quantitative estimate of drug-likeness (QED) is 0.240. The molecule has 3 N–H and O–H groups in total. The predicted molar refractivity (Wildman–Crippen MR) is 129 cm³/mol. The van der Waals surface area contributed by atoms with E-state index in [2.05, 4.69) is 15.8 Å².